The van der Waals surface area contributed by atoms with Gasteiger partial charge in [0.1, 0.15) is 0 Å². The Morgan fingerprint density at radius 2 is 1.84 bits per heavy atom. The molecular weight excluding hydrogens is 314 g/mol. The van der Waals surface area contributed by atoms with Gasteiger partial charge in [-0.15, -0.1) is 0 Å². The topological polar surface area (TPSA) is 43.9 Å². The van der Waals surface area contributed by atoms with E-state index in [2.05, 4.69) is 29.2 Å². The highest BCUT2D eigenvalue weighted by Crippen LogP contribution is 2.20. The molecule has 0 spiro atoms. The number of piperidine rings is 1. The highest BCUT2D eigenvalue weighted by Gasteiger charge is 2.32. The largest absolute Gasteiger partial charge is 0.346 e. The lowest BCUT2D eigenvalue weighted by Gasteiger charge is -2.37. The number of amides is 2. The fraction of sp³-hybridized carbons (Fsp3) is 0.500. The van der Waals surface area contributed by atoms with Crippen molar-refractivity contribution in [1.29, 1.82) is 0 Å². The second-order valence-corrected chi connectivity index (χ2v) is 6.94. The molecule has 1 aromatic rings. The SMILES string of the molecule is CN1CC[C@@H](C(=O)N2CCN(C/C=C\c3ccccc3)CC2)CC1=O. The molecule has 134 valence electrons. The third-order valence-electron chi connectivity index (χ3n) is 5.17. The molecule has 5 nitrogen and oxygen atoms in total. The fourth-order valence-electron chi connectivity index (χ4n) is 3.46. The molecule has 25 heavy (non-hydrogen) atoms. The van der Waals surface area contributed by atoms with Crippen LogP contribution < -0.4 is 0 Å². The Hall–Kier alpha value is -2.14. The maximum Gasteiger partial charge on any atom is 0.226 e. The highest BCUT2D eigenvalue weighted by atomic mass is 16.2. The van der Waals surface area contributed by atoms with Crippen LogP contribution in [0.25, 0.3) is 6.08 Å². The van der Waals surface area contributed by atoms with Gasteiger partial charge in [-0.1, -0.05) is 42.5 Å². The van der Waals surface area contributed by atoms with E-state index in [1.165, 1.54) is 5.56 Å². The molecule has 0 aromatic heterocycles. The zero-order valence-electron chi connectivity index (χ0n) is 14.9. The molecule has 3 rings (SSSR count). The van der Waals surface area contributed by atoms with Crippen molar-refractivity contribution in [2.45, 2.75) is 12.8 Å². The van der Waals surface area contributed by atoms with Gasteiger partial charge < -0.3 is 9.80 Å². The van der Waals surface area contributed by atoms with Gasteiger partial charge in [-0.2, -0.15) is 0 Å². The summed E-state index contributed by atoms with van der Waals surface area (Å²) >= 11 is 0. The zero-order valence-corrected chi connectivity index (χ0v) is 14.9. The molecule has 1 atom stereocenters. The van der Waals surface area contributed by atoms with Crippen LogP contribution in [-0.4, -0.2) is 72.8 Å². The quantitative estimate of drug-likeness (QED) is 0.837. The summed E-state index contributed by atoms with van der Waals surface area (Å²) in [6.07, 6.45) is 5.49. The van der Waals surface area contributed by atoms with Crippen LogP contribution in [-0.2, 0) is 9.59 Å². The lowest BCUT2D eigenvalue weighted by molar-refractivity contribution is -0.145. The van der Waals surface area contributed by atoms with E-state index >= 15 is 0 Å². The number of piperazine rings is 1. The lowest BCUT2D eigenvalue weighted by atomic mass is 9.94. The van der Waals surface area contributed by atoms with Crippen molar-refractivity contribution < 1.29 is 9.59 Å². The van der Waals surface area contributed by atoms with Crippen LogP contribution in [0.4, 0.5) is 0 Å². The van der Waals surface area contributed by atoms with Gasteiger partial charge in [-0.3, -0.25) is 14.5 Å². The molecule has 0 unspecified atom stereocenters. The summed E-state index contributed by atoms with van der Waals surface area (Å²) < 4.78 is 0. The number of carbonyl (C=O) groups excluding carboxylic acids is 2. The Kier molecular flexibility index (Phi) is 5.87. The van der Waals surface area contributed by atoms with Gasteiger partial charge in [0.05, 0.1) is 0 Å². The Balaban J connectivity index is 1.43. The number of nitrogens with zero attached hydrogens (tertiary/aromatic N) is 3. The van der Waals surface area contributed by atoms with Gasteiger partial charge in [0.2, 0.25) is 11.8 Å². The molecule has 0 bridgehead atoms. The predicted octanol–water partition coefficient (Wildman–Crippen LogP) is 1.71. The summed E-state index contributed by atoms with van der Waals surface area (Å²) in [7, 11) is 1.81. The first-order chi connectivity index (χ1) is 12.1. The first kappa shape index (κ1) is 17.7. The Morgan fingerprint density at radius 1 is 1.12 bits per heavy atom. The molecule has 0 radical (unpaired) electrons. The van der Waals surface area contributed by atoms with Gasteiger partial charge >= 0.3 is 0 Å². The summed E-state index contributed by atoms with van der Waals surface area (Å²) in [6, 6.07) is 10.3. The first-order valence-corrected chi connectivity index (χ1v) is 9.10. The number of hydrogen-bond acceptors (Lipinski definition) is 3. The minimum atomic E-state index is -0.117. The molecular formula is C20H27N3O2. The maximum atomic E-state index is 12.6. The predicted molar refractivity (Wildman–Crippen MR) is 98.9 cm³/mol. The second-order valence-electron chi connectivity index (χ2n) is 6.94. The molecule has 5 heteroatoms. The summed E-state index contributed by atoms with van der Waals surface area (Å²) in [6.45, 7) is 4.91. The Morgan fingerprint density at radius 3 is 2.52 bits per heavy atom. The van der Waals surface area contributed by atoms with Crippen LogP contribution in [0.1, 0.15) is 18.4 Å². The van der Waals surface area contributed by atoms with Crippen LogP contribution in [0, 0.1) is 5.92 Å². The van der Waals surface area contributed by atoms with Crippen LogP contribution in [0.2, 0.25) is 0 Å². The van der Waals surface area contributed by atoms with Gasteiger partial charge in [0.25, 0.3) is 0 Å². The van der Waals surface area contributed by atoms with Gasteiger partial charge in [0.15, 0.2) is 0 Å². The van der Waals surface area contributed by atoms with Crippen molar-refractivity contribution in [2.75, 3.05) is 46.3 Å². The molecule has 2 aliphatic rings. The van der Waals surface area contributed by atoms with Gasteiger partial charge in [-0.25, -0.2) is 0 Å². The molecule has 0 N–H and O–H groups in total. The summed E-state index contributed by atoms with van der Waals surface area (Å²) in [5.41, 5.74) is 1.21. The summed E-state index contributed by atoms with van der Waals surface area (Å²) in [5.74, 6) is 0.142. The molecule has 0 saturated carbocycles. The third kappa shape index (κ3) is 4.69. The van der Waals surface area contributed by atoms with Crippen molar-refractivity contribution in [2.24, 2.45) is 5.92 Å². The van der Waals surface area contributed by atoms with Crippen LogP contribution in [0.3, 0.4) is 0 Å². The highest BCUT2D eigenvalue weighted by molar-refractivity contribution is 5.87. The summed E-state index contributed by atoms with van der Waals surface area (Å²) in [4.78, 5) is 30.5. The number of likely N-dealkylation sites (tertiary alicyclic amines) is 1. The maximum absolute atomic E-state index is 12.6. The molecule has 1 aromatic carbocycles. The van der Waals surface area contributed by atoms with E-state index in [1.807, 2.05) is 30.1 Å². The molecule has 2 amide bonds. The smallest absolute Gasteiger partial charge is 0.226 e. The van der Waals surface area contributed by atoms with E-state index in [4.69, 9.17) is 0 Å². The number of rotatable bonds is 4. The number of benzene rings is 1. The molecule has 2 heterocycles. The molecule has 2 fully saturated rings. The normalized spacial score (nSPS) is 22.6. The van der Waals surface area contributed by atoms with Gasteiger partial charge in [-0.05, 0) is 12.0 Å². The standard InChI is InChI=1S/C20H27N3O2/c1-21-11-9-18(16-19(21)24)20(25)23-14-12-22(13-15-23)10-5-8-17-6-3-2-4-7-17/h2-8,18H,9-16H2,1H3/b8-5-/t18-/m1/s1. The van der Waals surface area contributed by atoms with Crippen LogP contribution >= 0.6 is 0 Å². The average molecular weight is 341 g/mol. The molecule has 0 aliphatic carbocycles. The van der Waals surface area contributed by atoms with Crippen molar-refractivity contribution in [3.05, 3.63) is 42.0 Å². The average Bonchev–Trinajstić information content (AvgIpc) is 2.65. The van der Waals surface area contributed by atoms with E-state index in [-0.39, 0.29) is 17.7 Å². The lowest BCUT2D eigenvalue weighted by Crippen LogP contribution is -2.51. The first-order valence-electron chi connectivity index (χ1n) is 9.10. The van der Waals surface area contributed by atoms with Gasteiger partial charge in [0, 0.05) is 58.7 Å². The minimum absolute atomic E-state index is 0.0919. The van der Waals surface area contributed by atoms with Crippen molar-refractivity contribution in [1.82, 2.24) is 14.7 Å². The molecule has 2 saturated heterocycles. The summed E-state index contributed by atoms with van der Waals surface area (Å²) in [5, 5.41) is 0. The van der Waals surface area contributed by atoms with E-state index in [9.17, 15) is 9.59 Å². The van der Waals surface area contributed by atoms with E-state index < -0.39 is 0 Å². The fourth-order valence-corrected chi connectivity index (χ4v) is 3.46. The number of carbonyl (C=O) groups is 2. The van der Waals surface area contributed by atoms with Crippen molar-refractivity contribution in [3.8, 4) is 0 Å². The third-order valence-corrected chi connectivity index (χ3v) is 5.17. The van der Waals surface area contributed by atoms with E-state index in [1.54, 1.807) is 4.90 Å². The van der Waals surface area contributed by atoms with Crippen molar-refractivity contribution in [3.63, 3.8) is 0 Å². The van der Waals surface area contributed by atoms with Crippen molar-refractivity contribution >= 4 is 17.9 Å². The monoisotopic (exact) mass is 341 g/mol. The van der Waals surface area contributed by atoms with E-state index in [0.717, 1.165) is 39.1 Å². The van der Waals surface area contributed by atoms with E-state index in [0.29, 0.717) is 13.0 Å². The second kappa shape index (κ2) is 8.30. The Bertz CT molecular complexity index is 621. The number of hydrogen-bond donors (Lipinski definition) is 0. The Labute approximate surface area is 149 Å². The molecule has 2 aliphatic heterocycles. The van der Waals surface area contributed by atoms with Crippen LogP contribution in [0.15, 0.2) is 36.4 Å². The zero-order chi connectivity index (χ0) is 17.6. The minimum Gasteiger partial charge on any atom is -0.346 e. The van der Waals surface area contributed by atoms with Crippen LogP contribution in [0.5, 0.6) is 0 Å².